The van der Waals surface area contributed by atoms with Crippen LogP contribution in [0.25, 0.3) is 0 Å². The van der Waals surface area contributed by atoms with Gasteiger partial charge in [-0.3, -0.25) is 4.79 Å². The molecule has 0 aliphatic carbocycles. The zero-order valence-corrected chi connectivity index (χ0v) is 15.1. The number of benzene rings is 1. The minimum absolute atomic E-state index is 0.119. The normalized spacial score (nSPS) is 9.92. The van der Waals surface area contributed by atoms with Gasteiger partial charge in [-0.1, -0.05) is 35.3 Å². The van der Waals surface area contributed by atoms with E-state index in [1.54, 1.807) is 31.2 Å². The number of ether oxygens (including phenoxy) is 2. The number of amides is 1. The quantitative estimate of drug-likeness (QED) is 0.756. The lowest BCUT2D eigenvalue weighted by atomic mass is 10.2. The standard InChI is InChI=1S/C17H13Cl2N3O4/c1-10-12(18)7-21-17(16(10)19)22-14(23)8-26-15(24)9-25-13-5-3-2-4-11(13)6-20/h2-5,7H,8-9H2,1H3,(H,21,22,23). The molecule has 0 spiro atoms. The Bertz CT molecular complexity index is 881. The van der Waals surface area contributed by atoms with Crippen molar-refractivity contribution in [3.8, 4) is 11.8 Å². The van der Waals surface area contributed by atoms with Gasteiger partial charge in [0, 0.05) is 6.20 Å². The molecule has 26 heavy (non-hydrogen) atoms. The molecular weight excluding hydrogens is 381 g/mol. The summed E-state index contributed by atoms with van der Waals surface area (Å²) >= 11 is 11.9. The van der Waals surface area contributed by atoms with Gasteiger partial charge in [0.2, 0.25) is 0 Å². The van der Waals surface area contributed by atoms with Crippen LogP contribution in [0.4, 0.5) is 5.82 Å². The van der Waals surface area contributed by atoms with E-state index in [0.717, 1.165) is 0 Å². The van der Waals surface area contributed by atoms with Crippen LogP contribution in [0.15, 0.2) is 30.5 Å². The van der Waals surface area contributed by atoms with Gasteiger partial charge < -0.3 is 14.8 Å². The maximum absolute atomic E-state index is 11.8. The van der Waals surface area contributed by atoms with Crippen LogP contribution >= 0.6 is 23.2 Å². The lowest BCUT2D eigenvalue weighted by Crippen LogP contribution is -2.24. The number of nitrogens with zero attached hydrogens (tertiary/aromatic N) is 2. The average Bonchev–Trinajstić information content (AvgIpc) is 2.65. The first-order valence-corrected chi connectivity index (χ1v) is 8.06. The van der Waals surface area contributed by atoms with E-state index < -0.39 is 25.1 Å². The van der Waals surface area contributed by atoms with Crippen molar-refractivity contribution in [2.45, 2.75) is 6.92 Å². The Morgan fingerprint density at radius 1 is 1.27 bits per heavy atom. The minimum atomic E-state index is -0.765. The van der Waals surface area contributed by atoms with Crippen LogP contribution in [-0.2, 0) is 14.3 Å². The summed E-state index contributed by atoms with van der Waals surface area (Å²) in [7, 11) is 0. The largest absolute Gasteiger partial charge is 0.481 e. The highest BCUT2D eigenvalue weighted by Gasteiger charge is 2.14. The highest BCUT2D eigenvalue weighted by molar-refractivity contribution is 6.37. The highest BCUT2D eigenvalue weighted by atomic mass is 35.5. The van der Waals surface area contributed by atoms with Crippen molar-refractivity contribution >= 4 is 40.9 Å². The minimum Gasteiger partial charge on any atom is -0.481 e. The number of aromatic nitrogens is 1. The van der Waals surface area contributed by atoms with E-state index in [-0.39, 0.29) is 22.2 Å². The molecule has 0 aliphatic heterocycles. The van der Waals surface area contributed by atoms with Crippen LogP contribution < -0.4 is 10.1 Å². The molecule has 7 nitrogen and oxygen atoms in total. The van der Waals surface area contributed by atoms with Crippen LogP contribution in [-0.4, -0.2) is 30.1 Å². The molecule has 0 saturated carbocycles. The summed E-state index contributed by atoms with van der Waals surface area (Å²) in [6, 6.07) is 8.38. The number of hydrogen-bond acceptors (Lipinski definition) is 6. The highest BCUT2D eigenvalue weighted by Crippen LogP contribution is 2.28. The molecule has 0 atom stereocenters. The first kappa shape index (κ1) is 19.5. The predicted molar refractivity (Wildman–Crippen MR) is 95.2 cm³/mol. The Balaban J connectivity index is 1.83. The number of nitrogens with one attached hydrogen (secondary N) is 1. The van der Waals surface area contributed by atoms with E-state index in [4.69, 9.17) is 37.9 Å². The number of pyridine rings is 1. The van der Waals surface area contributed by atoms with E-state index >= 15 is 0 Å². The van der Waals surface area contributed by atoms with Crippen LogP contribution in [0.1, 0.15) is 11.1 Å². The molecule has 1 N–H and O–H groups in total. The number of hydrogen-bond donors (Lipinski definition) is 1. The summed E-state index contributed by atoms with van der Waals surface area (Å²) in [4.78, 5) is 27.4. The molecule has 9 heteroatoms. The van der Waals surface area contributed by atoms with Gasteiger partial charge in [0.25, 0.3) is 5.91 Å². The summed E-state index contributed by atoms with van der Waals surface area (Å²) < 4.78 is 10.0. The van der Waals surface area contributed by atoms with Gasteiger partial charge in [-0.05, 0) is 24.6 Å². The summed E-state index contributed by atoms with van der Waals surface area (Å²) in [6.45, 7) is 0.700. The molecule has 134 valence electrons. The third-order valence-electron chi connectivity index (χ3n) is 3.18. The number of carbonyl (C=O) groups excluding carboxylic acids is 2. The third-order valence-corrected chi connectivity index (χ3v) is 4.02. The summed E-state index contributed by atoms with van der Waals surface area (Å²) in [5.41, 5.74) is 0.858. The molecule has 0 bridgehead atoms. The molecule has 0 radical (unpaired) electrons. The monoisotopic (exact) mass is 393 g/mol. The number of rotatable bonds is 6. The van der Waals surface area contributed by atoms with Crippen molar-refractivity contribution in [2.75, 3.05) is 18.5 Å². The maximum Gasteiger partial charge on any atom is 0.344 e. The second-order valence-corrected chi connectivity index (χ2v) is 5.78. The van der Waals surface area contributed by atoms with Crippen molar-refractivity contribution in [3.05, 3.63) is 51.6 Å². The Morgan fingerprint density at radius 3 is 2.73 bits per heavy atom. The molecule has 2 aromatic rings. The first-order valence-electron chi connectivity index (χ1n) is 7.30. The van der Waals surface area contributed by atoms with Crippen LogP contribution in [0.3, 0.4) is 0 Å². The molecule has 1 heterocycles. The molecule has 0 aliphatic rings. The van der Waals surface area contributed by atoms with E-state index in [1.165, 1.54) is 6.20 Å². The number of para-hydroxylation sites is 1. The van der Waals surface area contributed by atoms with Crippen molar-refractivity contribution in [3.63, 3.8) is 0 Å². The van der Waals surface area contributed by atoms with Crippen molar-refractivity contribution < 1.29 is 19.1 Å². The van der Waals surface area contributed by atoms with Gasteiger partial charge in [-0.2, -0.15) is 5.26 Å². The Hall–Kier alpha value is -2.82. The summed E-state index contributed by atoms with van der Waals surface area (Å²) in [5, 5.41) is 11.9. The lowest BCUT2D eigenvalue weighted by molar-refractivity contribution is -0.149. The van der Waals surface area contributed by atoms with E-state index in [1.807, 2.05) is 6.07 Å². The zero-order valence-electron chi connectivity index (χ0n) is 13.6. The Kier molecular flexibility index (Phi) is 6.78. The fourth-order valence-corrected chi connectivity index (χ4v) is 2.21. The van der Waals surface area contributed by atoms with Gasteiger partial charge in [-0.25, -0.2) is 9.78 Å². The molecule has 0 fully saturated rings. The SMILES string of the molecule is Cc1c(Cl)cnc(NC(=O)COC(=O)COc2ccccc2C#N)c1Cl. The van der Waals surface area contributed by atoms with Gasteiger partial charge in [-0.15, -0.1) is 0 Å². The molecule has 1 aromatic carbocycles. The number of nitriles is 1. The van der Waals surface area contributed by atoms with Crippen molar-refractivity contribution in [1.82, 2.24) is 4.98 Å². The lowest BCUT2D eigenvalue weighted by Gasteiger charge is -2.10. The predicted octanol–water partition coefficient (Wildman–Crippen LogP) is 3.13. The molecule has 2 rings (SSSR count). The van der Waals surface area contributed by atoms with Crippen LogP contribution in [0.5, 0.6) is 5.75 Å². The number of halogens is 2. The van der Waals surface area contributed by atoms with Gasteiger partial charge in [0.1, 0.15) is 11.8 Å². The fourth-order valence-electron chi connectivity index (χ4n) is 1.82. The average molecular weight is 394 g/mol. The maximum atomic E-state index is 11.8. The van der Waals surface area contributed by atoms with E-state index in [9.17, 15) is 9.59 Å². The smallest absolute Gasteiger partial charge is 0.344 e. The third kappa shape index (κ3) is 5.09. The van der Waals surface area contributed by atoms with Gasteiger partial charge >= 0.3 is 5.97 Å². The van der Waals surface area contributed by atoms with Crippen molar-refractivity contribution in [1.29, 1.82) is 5.26 Å². The zero-order chi connectivity index (χ0) is 19.1. The van der Waals surface area contributed by atoms with E-state index in [0.29, 0.717) is 10.6 Å². The number of anilines is 1. The van der Waals surface area contributed by atoms with Crippen molar-refractivity contribution in [2.24, 2.45) is 0 Å². The topological polar surface area (TPSA) is 101 Å². The fraction of sp³-hybridized carbons (Fsp3) is 0.176. The van der Waals surface area contributed by atoms with E-state index in [2.05, 4.69) is 10.3 Å². The summed E-state index contributed by atoms with van der Waals surface area (Å²) in [5.74, 6) is -1.01. The van der Waals surface area contributed by atoms with Gasteiger partial charge in [0.15, 0.2) is 19.0 Å². The summed E-state index contributed by atoms with van der Waals surface area (Å²) in [6.07, 6.45) is 1.35. The number of esters is 1. The number of carbonyl (C=O) groups is 2. The Labute approximate surface area is 159 Å². The second kappa shape index (κ2) is 9.04. The van der Waals surface area contributed by atoms with Crippen LogP contribution in [0.2, 0.25) is 10.0 Å². The van der Waals surface area contributed by atoms with Crippen LogP contribution in [0, 0.1) is 18.3 Å². The molecule has 0 saturated heterocycles. The first-order chi connectivity index (χ1) is 12.4. The molecule has 0 unspecified atom stereocenters. The molecule has 1 amide bonds. The van der Waals surface area contributed by atoms with Gasteiger partial charge in [0.05, 0.1) is 15.6 Å². The second-order valence-electron chi connectivity index (χ2n) is 5.00. The Morgan fingerprint density at radius 2 is 2.00 bits per heavy atom. The molecular formula is C17H13Cl2N3O4. The molecule has 1 aromatic heterocycles.